The molecule has 4 heteroatoms. The summed E-state index contributed by atoms with van der Waals surface area (Å²) in [6.07, 6.45) is 7.63. The van der Waals surface area contributed by atoms with Crippen molar-refractivity contribution in [3.63, 3.8) is 0 Å². The van der Waals surface area contributed by atoms with Crippen LogP contribution in [0.25, 0.3) is 0 Å². The second-order valence-corrected chi connectivity index (χ2v) is 4.33. The molecule has 1 aliphatic rings. The predicted octanol–water partition coefficient (Wildman–Crippen LogP) is 2.22. The molecular formula is C13H20N2O2. The number of esters is 1. The molecule has 0 atom stereocenters. The van der Waals surface area contributed by atoms with Crippen molar-refractivity contribution in [2.24, 2.45) is 0 Å². The number of nitrogens with zero attached hydrogens (tertiary/aromatic N) is 2. The van der Waals surface area contributed by atoms with Crippen molar-refractivity contribution < 1.29 is 9.53 Å². The minimum atomic E-state index is -0.530. The van der Waals surface area contributed by atoms with E-state index < -0.39 is 5.97 Å². The van der Waals surface area contributed by atoms with Gasteiger partial charge in [0.1, 0.15) is 6.07 Å². The lowest BCUT2D eigenvalue weighted by Crippen LogP contribution is -2.30. The monoisotopic (exact) mass is 236 g/mol. The summed E-state index contributed by atoms with van der Waals surface area (Å²) in [5, 5.41) is 8.92. The second kappa shape index (κ2) is 6.95. The first kappa shape index (κ1) is 13.6. The molecule has 0 aliphatic heterocycles. The van der Waals surface area contributed by atoms with E-state index in [0.717, 1.165) is 12.8 Å². The Bertz CT molecular complexity index is 325. The molecule has 1 fully saturated rings. The Morgan fingerprint density at radius 1 is 1.47 bits per heavy atom. The Kier molecular flexibility index (Phi) is 5.55. The minimum Gasteiger partial charge on any atom is -0.462 e. The summed E-state index contributed by atoms with van der Waals surface area (Å²) in [6.45, 7) is 2.03. The van der Waals surface area contributed by atoms with Crippen LogP contribution < -0.4 is 0 Å². The van der Waals surface area contributed by atoms with E-state index in [1.807, 2.05) is 18.0 Å². The molecule has 94 valence electrons. The summed E-state index contributed by atoms with van der Waals surface area (Å²) in [6, 6.07) is 2.35. The molecule has 0 unspecified atom stereocenters. The SMILES string of the molecule is CCOC(=O)/C(C#N)=C\N(C)C1CCCCC1. The van der Waals surface area contributed by atoms with Gasteiger partial charge >= 0.3 is 5.97 Å². The van der Waals surface area contributed by atoms with Crippen molar-refractivity contribution in [2.45, 2.75) is 45.1 Å². The van der Waals surface area contributed by atoms with Crippen LogP contribution in [0.5, 0.6) is 0 Å². The Labute approximate surface area is 103 Å². The third kappa shape index (κ3) is 4.10. The molecule has 4 nitrogen and oxygen atoms in total. The molecule has 0 spiro atoms. The van der Waals surface area contributed by atoms with E-state index in [4.69, 9.17) is 10.00 Å². The number of hydrogen-bond acceptors (Lipinski definition) is 4. The van der Waals surface area contributed by atoms with Crippen LogP contribution in [-0.2, 0) is 9.53 Å². The quantitative estimate of drug-likeness (QED) is 0.426. The topological polar surface area (TPSA) is 53.3 Å². The maximum atomic E-state index is 11.5. The summed E-state index contributed by atoms with van der Waals surface area (Å²) in [5.74, 6) is -0.530. The van der Waals surface area contributed by atoms with Crippen molar-refractivity contribution in [2.75, 3.05) is 13.7 Å². The smallest absolute Gasteiger partial charge is 0.350 e. The van der Waals surface area contributed by atoms with Gasteiger partial charge in [0.15, 0.2) is 5.57 Å². The van der Waals surface area contributed by atoms with Gasteiger partial charge in [0.05, 0.1) is 6.61 Å². The summed E-state index contributed by atoms with van der Waals surface area (Å²) in [7, 11) is 1.92. The number of carbonyl (C=O) groups excluding carboxylic acids is 1. The van der Waals surface area contributed by atoms with Crippen LogP contribution in [-0.4, -0.2) is 30.6 Å². The highest BCUT2D eigenvalue weighted by Crippen LogP contribution is 2.22. The first-order valence-corrected chi connectivity index (χ1v) is 6.20. The van der Waals surface area contributed by atoms with Gasteiger partial charge in [-0.3, -0.25) is 0 Å². The lowest BCUT2D eigenvalue weighted by Gasteiger charge is -2.30. The number of nitriles is 1. The van der Waals surface area contributed by atoms with Crippen LogP contribution in [0.1, 0.15) is 39.0 Å². The van der Waals surface area contributed by atoms with Crippen molar-refractivity contribution in [1.82, 2.24) is 4.90 Å². The molecular weight excluding hydrogens is 216 g/mol. The Morgan fingerprint density at radius 3 is 2.65 bits per heavy atom. The van der Waals surface area contributed by atoms with Crippen LogP contribution in [0.2, 0.25) is 0 Å². The summed E-state index contributed by atoms with van der Waals surface area (Å²) >= 11 is 0. The zero-order valence-electron chi connectivity index (χ0n) is 10.6. The highest BCUT2D eigenvalue weighted by molar-refractivity contribution is 5.92. The molecule has 17 heavy (non-hydrogen) atoms. The fraction of sp³-hybridized carbons (Fsp3) is 0.692. The number of rotatable bonds is 4. The molecule has 1 saturated carbocycles. The molecule has 1 aliphatic carbocycles. The zero-order valence-corrected chi connectivity index (χ0v) is 10.6. The van der Waals surface area contributed by atoms with Crippen molar-refractivity contribution in [3.8, 4) is 6.07 Å². The molecule has 0 aromatic carbocycles. The third-order valence-corrected chi connectivity index (χ3v) is 3.10. The molecule has 0 heterocycles. The molecule has 0 N–H and O–H groups in total. The molecule has 0 bridgehead atoms. The fourth-order valence-corrected chi connectivity index (χ4v) is 2.13. The van der Waals surface area contributed by atoms with Crippen molar-refractivity contribution in [1.29, 1.82) is 5.26 Å². The lowest BCUT2D eigenvalue weighted by molar-refractivity contribution is -0.138. The van der Waals surface area contributed by atoms with Gasteiger partial charge in [-0.25, -0.2) is 4.79 Å². The van der Waals surface area contributed by atoms with Gasteiger partial charge in [-0.15, -0.1) is 0 Å². The van der Waals surface area contributed by atoms with E-state index in [2.05, 4.69) is 0 Å². The van der Waals surface area contributed by atoms with Gasteiger partial charge in [-0.05, 0) is 19.8 Å². The van der Waals surface area contributed by atoms with Gasteiger partial charge in [-0.1, -0.05) is 19.3 Å². The van der Waals surface area contributed by atoms with E-state index >= 15 is 0 Å². The summed E-state index contributed by atoms with van der Waals surface area (Å²) in [4.78, 5) is 13.4. The summed E-state index contributed by atoms with van der Waals surface area (Å²) < 4.78 is 4.83. The zero-order chi connectivity index (χ0) is 12.7. The standard InChI is InChI=1S/C13H20N2O2/c1-3-17-13(16)11(9-14)10-15(2)12-7-5-4-6-8-12/h10,12H,3-8H2,1-2H3/b11-10-. The van der Waals surface area contributed by atoms with Gasteiger partial charge in [0, 0.05) is 19.3 Å². The van der Waals surface area contributed by atoms with E-state index in [9.17, 15) is 4.79 Å². The first-order valence-electron chi connectivity index (χ1n) is 6.20. The van der Waals surface area contributed by atoms with E-state index in [-0.39, 0.29) is 5.57 Å². The Morgan fingerprint density at radius 2 is 2.12 bits per heavy atom. The second-order valence-electron chi connectivity index (χ2n) is 4.33. The van der Waals surface area contributed by atoms with Gasteiger partial charge < -0.3 is 9.64 Å². The molecule has 0 aromatic heterocycles. The Hall–Kier alpha value is -1.50. The average Bonchev–Trinajstić information content (AvgIpc) is 2.37. The molecule has 0 radical (unpaired) electrons. The molecule has 0 aromatic rings. The lowest BCUT2D eigenvalue weighted by atomic mass is 9.94. The van der Waals surface area contributed by atoms with E-state index in [1.165, 1.54) is 19.3 Å². The largest absolute Gasteiger partial charge is 0.462 e. The van der Waals surface area contributed by atoms with Gasteiger partial charge in [-0.2, -0.15) is 5.26 Å². The molecule has 0 saturated heterocycles. The minimum absolute atomic E-state index is 0.0833. The van der Waals surface area contributed by atoms with Crippen LogP contribution in [0.3, 0.4) is 0 Å². The maximum absolute atomic E-state index is 11.5. The highest BCUT2D eigenvalue weighted by atomic mass is 16.5. The number of hydrogen-bond donors (Lipinski definition) is 0. The van der Waals surface area contributed by atoms with Crippen LogP contribution >= 0.6 is 0 Å². The third-order valence-electron chi connectivity index (χ3n) is 3.10. The maximum Gasteiger partial charge on any atom is 0.350 e. The van der Waals surface area contributed by atoms with E-state index in [0.29, 0.717) is 12.6 Å². The number of carbonyl (C=O) groups is 1. The number of ether oxygens (including phenoxy) is 1. The highest BCUT2D eigenvalue weighted by Gasteiger charge is 2.18. The van der Waals surface area contributed by atoms with Crippen molar-refractivity contribution in [3.05, 3.63) is 11.8 Å². The molecule has 1 rings (SSSR count). The Balaban J connectivity index is 2.63. The predicted molar refractivity (Wildman–Crippen MR) is 65.0 cm³/mol. The fourth-order valence-electron chi connectivity index (χ4n) is 2.13. The van der Waals surface area contributed by atoms with Crippen LogP contribution in [0, 0.1) is 11.3 Å². The normalized spacial score (nSPS) is 17.4. The average molecular weight is 236 g/mol. The van der Waals surface area contributed by atoms with Crippen LogP contribution in [0.15, 0.2) is 11.8 Å². The first-order chi connectivity index (χ1) is 8.19. The van der Waals surface area contributed by atoms with Crippen LogP contribution in [0.4, 0.5) is 0 Å². The van der Waals surface area contributed by atoms with Gasteiger partial charge in [0.2, 0.25) is 0 Å². The van der Waals surface area contributed by atoms with Gasteiger partial charge in [0.25, 0.3) is 0 Å². The van der Waals surface area contributed by atoms with E-state index in [1.54, 1.807) is 13.1 Å². The molecule has 0 amide bonds. The summed E-state index contributed by atoms with van der Waals surface area (Å²) in [5.41, 5.74) is 0.0833. The van der Waals surface area contributed by atoms with Crippen molar-refractivity contribution >= 4 is 5.97 Å².